The van der Waals surface area contributed by atoms with Crippen LogP contribution in [0.2, 0.25) is 0 Å². The lowest BCUT2D eigenvalue weighted by Gasteiger charge is -2.15. The Kier molecular flexibility index (Phi) is 11.2. The summed E-state index contributed by atoms with van der Waals surface area (Å²) in [5.74, 6) is 1.26. The summed E-state index contributed by atoms with van der Waals surface area (Å²) in [6, 6.07) is 19.7. The van der Waals surface area contributed by atoms with Crippen LogP contribution in [0.3, 0.4) is 0 Å². The molecule has 2 N–H and O–H groups in total. The summed E-state index contributed by atoms with van der Waals surface area (Å²) in [4.78, 5) is 13.0. The molecule has 0 aromatic heterocycles. The molecule has 0 bridgehead atoms. The molecule has 0 spiro atoms. The zero-order valence-electron chi connectivity index (χ0n) is 23.2. The van der Waals surface area contributed by atoms with Crippen LogP contribution in [0.4, 0.5) is 0 Å². The van der Waals surface area contributed by atoms with Crippen molar-refractivity contribution in [3.63, 3.8) is 0 Å². The molecule has 0 saturated carbocycles. The molecule has 4 nitrogen and oxygen atoms in total. The zero-order chi connectivity index (χ0) is 27.3. The van der Waals surface area contributed by atoms with Crippen LogP contribution in [0.25, 0.3) is 23.3 Å². The number of rotatable bonds is 12. The largest absolute Gasteiger partial charge is 0.507 e. The van der Waals surface area contributed by atoms with E-state index in [-0.39, 0.29) is 11.7 Å². The SMILES string of the molecule is C\C=C/C=c1/cc(-c2ccc(C(=O)NCCCc3ccccc3)cc2OCCC(C)C)cc(O)/c1=C\CC. The number of ether oxygens (including phenoxy) is 1. The molecule has 0 heterocycles. The molecule has 0 aliphatic carbocycles. The van der Waals surface area contributed by atoms with Gasteiger partial charge >= 0.3 is 0 Å². The van der Waals surface area contributed by atoms with Gasteiger partial charge in [0.2, 0.25) is 0 Å². The Bertz CT molecular complexity index is 1340. The van der Waals surface area contributed by atoms with Crippen molar-refractivity contribution < 1.29 is 14.6 Å². The Hall–Kier alpha value is -3.79. The summed E-state index contributed by atoms with van der Waals surface area (Å²) >= 11 is 0. The van der Waals surface area contributed by atoms with Crippen LogP contribution in [0.15, 0.2) is 72.8 Å². The Morgan fingerprint density at radius 1 is 1.08 bits per heavy atom. The second-order valence-corrected chi connectivity index (χ2v) is 9.89. The van der Waals surface area contributed by atoms with E-state index in [1.165, 1.54) is 5.56 Å². The van der Waals surface area contributed by atoms with Crippen molar-refractivity contribution in [2.45, 2.75) is 53.4 Å². The molecule has 0 fully saturated rings. The van der Waals surface area contributed by atoms with Crippen molar-refractivity contribution >= 4 is 18.1 Å². The van der Waals surface area contributed by atoms with Crippen LogP contribution in [-0.2, 0) is 6.42 Å². The summed E-state index contributed by atoms with van der Waals surface area (Å²) in [6.45, 7) is 9.50. The number of benzene rings is 3. The fraction of sp³-hybridized carbons (Fsp3) is 0.324. The first kappa shape index (κ1) is 28.8. The molecule has 38 heavy (non-hydrogen) atoms. The van der Waals surface area contributed by atoms with E-state index in [1.54, 1.807) is 6.07 Å². The van der Waals surface area contributed by atoms with Crippen LogP contribution >= 0.6 is 0 Å². The molecule has 0 aliphatic heterocycles. The number of amides is 1. The monoisotopic (exact) mass is 511 g/mol. The average molecular weight is 512 g/mol. The van der Waals surface area contributed by atoms with E-state index in [4.69, 9.17) is 4.74 Å². The van der Waals surface area contributed by atoms with E-state index < -0.39 is 0 Å². The van der Waals surface area contributed by atoms with Gasteiger partial charge in [0.15, 0.2) is 0 Å². The van der Waals surface area contributed by atoms with Crippen molar-refractivity contribution in [1.29, 1.82) is 0 Å². The minimum Gasteiger partial charge on any atom is -0.507 e. The number of aromatic hydroxyl groups is 1. The van der Waals surface area contributed by atoms with E-state index >= 15 is 0 Å². The highest BCUT2D eigenvalue weighted by atomic mass is 16.5. The molecular formula is C34H41NO3. The predicted octanol–water partition coefficient (Wildman–Crippen LogP) is 6.39. The molecule has 0 aliphatic rings. The van der Waals surface area contributed by atoms with Crippen molar-refractivity contribution in [1.82, 2.24) is 5.32 Å². The number of phenols is 1. The van der Waals surface area contributed by atoms with Crippen LogP contribution in [0.5, 0.6) is 11.5 Å². The van der Waals surface area contributed by atoms with Gasteiger partial charge in [0.25, 0.3) is 5.91 Å². The number of hydrogen-bond acceptors (Lipinski definition) is 3. The maximum absolute atomic E-state index is 13.0. The van der Waals surface area contributed by atoms with E-state index in [0.29, 0.717) is 30.4 Å². The molecule has 3 aromatic carbocycles. The molecular weight excluding hydrogens is 470 g/mol. The van der Waals surface area contributed by atoms with Crippen LogP contribution in [0.1, 0.15) is 62.9 Å². The maximum atomic E-state index is 13.0. The number of carbonyl (C=O) groups excluding carboxylic acids is 1. The van der Waals surface area contributed by atoms with Gasteiger partial charge in [-0.1, -0.05) is 75.4 Å². The number of carbonyl (C=O) groups is 1. The smallest absolute Gasteiger partial charge is 0.251 e. The number of phenolic OH excluding ortho intramolecular Hbond substituents is 1. The molecule has 3 aromatic rings. The van der Waals surface area contributed by atoms with Gasteiger partial charge in [-0.05, 0) is 85.2 Å². The van der Waals surface area contributed by atoms with Gasteiger partial charge in [-0.15, -0.1) is 0 Å². The zero-order valence-corrected chi connectivity index (χ0v) is 23.2. The normalized spacial score (nSPS) is 12.4. The minimum atomic E-state index is -0.115. The maximum Gasteiger partial charge on any atom is 0.251 e. The Morgan fingerprint density at radius 3 is 2.58 bits per heavy atom. The number of aryl methyl sites for hydroxylation is 1. The average Bonchev–Trinajstić information content (AvgIpc) is 2.91. The Balaban J connectivity index is 1.88. The molecule has 0 atom stereocenters. The standard InChI is InChI=1S/C34H41NO3/c1-5-7-16-27-22-29(23-32(36)30(27)12-6-2)31-18-17-28(24-33(31)38-21-19-25(3)4)34(37)35-20-11-15-26-13-9-8-10-14-26/h5,7-10,12-14,16-18,22-25,36H,6,11,15,19-21H2,1-4H3,(H,35,37)/b7-5-,27-16-,30-12-. The molecule has 4 heteroatoms. The van der Waals surface area contributed by atoms with Crippen molar-refractivity contribution in [3.8, 4) is 22.6 Å². The first-order chi connectivity index (χ1) is 18.4. The Labute approximate surface area is 227 Å². The van der Waals surface area contributed by atoms with Gasteiger partial charge in [-0.2, -0.15) is 0 Å². The van der Waals surface area contributed by atoms with Crippen LogP contribution < -0.4 is 20.5 Å². The third kappa shape index (κ3) is 8.37. The van der Waals surface area contributed by atoms with E-state index in [9.17, 15) is 9.90 Å². The third-order valence-corrected chi connectivity index (χ3v) is 6.34. The predicted molar refractivity (Wildman–Crippen MR) is 159 cm³/mol. The third-order valence-electron chi connectivity index (χ3n) is 6.34. The highest BCUT2D eigenvalue weighted by Crippen LogP contribution is 2.32. The minimum absolute atomic E-state index is 0.115. The molecule has 1 amide bonds. The molecule has 0 saturated heterocycles. The number of nitrogens with one attached hydrogen (secondary N) is 1. The lowest BCUT2D eigenvalue weighted by Crippen LogP contribution is -2.25. The van der Waals surface area contributed by atoms with Gasteiger partial charge in [-0.3, -0.25) is 4.79 Å². The molecule has 0 unspecified atom stereocenters. The first-order valence-corrected chi connectivity index (χ1v) is 13.7. The van der Waals surface area contributed by atoms with Gasteiger partial charge in [-0.25, -0.2) is 0 Å². The summed E-state index contributed by atoms with van der Waals surface area (Å²) in [7, 11) is 0. The number of allylic oxidation sites excluding steroid dienone is 2. The molecule has 0 radical (unpaired) electrons. The van der Waals surface area contributed by atoms with E-state index in [1.807, 2.05) is 67.6 Å². The van der Waals surface area contributed by atoms with Gasteiger partial charge in [0.05, 0.1) is 6.61 Å². The lowest BCUT2D eigenvalue weighted by molar-refractivity contribution is 0.0952. The van der Waals surface area contributed by atoms with Crippen molar-refractivity contribution in [2.24, 2.45) is 5.92 Å². The van der Waals surface area contributed by atoms with Crippen LogP contribution in [0, 0.1) is 5.92 Å². The lowest BCUT2D eigenvalue weighted by atomic mass is 9.99. The van der Waals surface area contributed by atoms with Gasteiger partial charge in [0.1, 0.15) is 11.5 Å². The summed E-state index contributed by atoms with van der Waals surface area (Å²) in [5, 5.41) is 15.7. The quantitative estimate of drug-likeness (QED) is 0.277. The van der Waals surface area contributed by atoms with Crippen LogP contribution in [-0.4, -0.2) is 24.2 Å². The fourth-order valence-corrected chi connectivity index (χ4v) is 4.25. The second-order valence-electron chi connectivity index (χ2n) is 9.89. The summed E-state index contributed by atoms with van der Waals surface area (Å²) in [5.41, 5.74) is 3.53. The first-order valence-electron chi connectivity index (χ1n) is 13.7. The van der Waals surface area contributed by atoms with Crippen molar-refractivity contribution in [2.75, 3.05) is 13.2 Å². The molecule has 200 valence electrons. The summed E-state index contributed by atoms with van der Waals surface area (Å²) in [6.07, 6.45) is 11.5. The summed E-state index contributed by atoms with van der Waals surface area (Å²) < 4.78 is 6.22. The highest BCUT2D eigenvalue weighted by Gasteiger charge is 2.14. The highest BCUT2D eigenvalue weighted by molar-refractivity contribution is 5.95. The van der Waals surface area contributed by atoms with Gasteiger partial charge < -0.3 is 15.2 Å². The Morgan fingerprint density at radius 2 is 1.87 bits per heavy atom. The number of hydrogen-bond donors (Lipinski definition) is 2. The second kappa shape index (κ2) is 14.8. The van der Waals surface area contributed by atoms with Gasteiger partial charge in [0, 0.05) is 22.9 Å². The van der Waals surface area contributed by atoms with E-state index in [0.717, 1.165) is 47.2 Å². The van der Waals surface area contributed by atoms with Crippen molar-refractivity contribution in [3.05, 3.63) is 94.4 Å². The topological polar surface area (TPSA) is 58.6 Å². The fourth-order valence-electron chi connectivity index (χ4n) is 4.25. The van der Waals surface area contributed by atoms with E-state index in [2.05, 4.69) is 44.3 Å². The molecule has 3 rings (SSSR count).